The zero-order valence-electron chi connectivity index (χ0n) is 16.4. The van der Waals surface area contributed by atoms with Gasteiger partial charge in [0.15, 0.2) is 0 Å². The van der Waals surface area contributed by atoms with Crippen molar-refractivity contribution < 1.29 is 0 Å². The summed E-state index contributed by atoms with van der Waals surface area (Å²) in [5, 5.41) is 4.11. The van der Waals surface area contributed by atoms with E-state index in [2.05, 4.69) is 92.6 Å². The molecule has 0 saturated carbocycles. The lowest BCUT2D eigenvalue weighted by Gasteiger charge is -2.20. The number of benzene rings is 2. The Hall–Kier alpha value is -1.79. The normalized spacial score (nSPS) is 12.6. The molecule has 0 spiro atoms. The van der Waals surface area contributed by atoms with Gasteiger partial charge in [-0.1, -0.05) is 79.5 Å². The molecule has 1 heterocycles. The van der Waals surface area contributed by atoms with Crippen molar-refractivity contribution in [2.75, 3.05) is 0 Å². The van der Waals surface area contributed by atoms with Crippen molar-refractivity contribution in [3.63, 3.8) is 0 Å². The van der Waals surface area contributed by atoms with E-state index in [4.69, 9.17) is 0 Å². The number of aryl methyl sites for hydroxylation is 1. The highest BCUT2D eigenvalue weighted by Gasteiger charge is 2.20. The van der Waals surface area contributed by atoms with E-state index < -0.39 is 16.1 Å². The molecule has 2 aromatic carbocycles. The summed E-state index contributed by atoms with van der Waals surface area (Å²) in [6, 6.07) is 13.6. The highest BCUT2D eigenvalue weighted by Crippen LogP contribution is 2.26. The Balaban J connectivity index is 2.15. The van der Waals surface area contributed by atoms with Gasteiger partial charge >= 0.3 is 0 Å². The van der Waals surface area contributed by atoms with Gasteiger partial charge in [0, 0.05) is 10.9 Å². The summed E-state index contributed by atoms with van der Waals surface area (Å²) < 4.78 is 0. The molecule has 0 N–H and O–H groups in total. The maximum absolute atomic E-state index is 4.61. The van der Waals surface area contributed by atoms with E-state index in [-0.39, 0.29) is 0 Å². The first-order valence-corrected chi connectivity index (χ1v) is 15.9. The van der Waals surface area contributed by atoms with Crippen LogP contribution in [0.4, 0.5) is 0 Å². The molecule has 3 rings (SSSR count). The SMILES string of the molecule is Cc1cc(-c2ncnc3cc([Si](C)(C)C)ccc23)ccc1[Si](C)(C)C. The van der Waals surface area contributed by atoms with Crippen LogP contribution in [0.2, 0.25) is 39.3 Å². The van der Waals surface area contributed by atoms with E-state index in [1.807, 2.05) is 0 Å². The minimum atomic E-state index is -1.34. The van der Waals surface area contributed by atoms with Gasteiger partial charge < -0.3 is 0 Å². The maximum Gasteiger partial charge on any atom is 0.116 e. The number of nitrogens with zero attached hydrogens (tertiary/aromatic N) is 2. The first-order chi connectivity index (χ1) is 11.6. The van der Waals surface area contributed by atoms with E-state index in [9.17, 15) is 0 Å². The van der Waals surface area contributed by atoms with Crippen molar-refractivity contribution in [2.45, 2.75) is 46.2 Å². The largest absolute Gasteiger partial charge is 0.236 e. The minimum absolute atomic E-state index is 1.04. The van der Waals surface area contributed by atoms with Crippen LogP contribution in [0.1, 0.15) is 5.56 Å². The second kappa shape index (κ2) is 6.18. The second-order valence-electron chi connectivity index (χ2n) is 8.98. The number of fused-ring (bicyclic) bond motifs is 1. The van der Waals surface area contributed by atoms with Crippen LogP contribution in [0.3, 0.4) is 0 Å². The first-order valence-electron chi connectivity index (χ1n) is 8.94. The molecular weight excluding hydrogens is 336 g/mol. The molecule has 130 valence electrons. The van der Waals surface area contributed by atoms with E-state index in [1.165, 1.54) is 21.5 Å². The third-order valence-electron chi connectivity index (χ3n) is 4.81. The molecule has 0 fully saturated rings. The summed E-state index contributed by atoms with van der Waals surface area (Å²) in [5.41, 5.74) is 4.66. The Labute approximate surface area is 153 Å². The summed E-state index contributed by atoms with van der Waals surface area (Å²) in [6.45, 7) is 16.5. The standard InChI is InChI=1S/C21H28N2Si2/c1-15-12-16(8-11-20(15)25(5,6)7)21-18-10-9-17(24(2,3)4)13-19(18)22-14-23-21/h8-14H,1-7H3. The molecule has 0 unspecified atom stereocenters. The molecule has 3 aromatic rings. The van der Waals surface area contributed by atoms with Crippen LogP contribution in [0, 0.1) is 6.92 Å². The molecule has 0 saturated heterocycles. The van der Waals surface area contributed by atoms with Crippen LogP contribution >= 0.6 is 0 Å². The Morgan fingerprint density at radius 1 is 0.760 bits per heavy atom. The lowest BCUT2D eigenvalue weighted by atomic mass is 10.0. The highest BCUT2D eigenvalue weighted by atomic mass is 28.3. The molecule has 0 aliphatic heterocycles. The van der Waals surface area contributed by atoms with Crippen molar-refractivity contribution in [1.29, 1.82) is 0 Å². The topological polar surface area (TPSA) is 25.8 Å². The van der Waals surface area contributed by atoms with Gasteiger partial charge in [0.1, 0.15) is 6.33 Å². The number of aromatic nitrogens is 2. The van der Waals surface area contributed by atoms with Gasteiger partial charge in [-0.3, -0.25) is 0 Å². The maximum atomic E-state index is 4.61. The summed E-state index contributed by atoms with van der Waals surface area (Å²) in [5.74, 6) is 0. The van der Waals surface area contributed by atoms with Gasteiger partial charge in [-0.05, 0) is 19.1 Å². The van der Waals surface area contributed by atoms with Crippen molar-refractivity contribution in [3.8, 4) is 11.3 Å². The zero-order valence-corrected chi connectivity index (χ0v) is 18.4. The smallest absolute Gasteiger partial charge is 0.116 e. The van der Waals surface area contributed by atoms with Crippen molar-refractivity contribution in [1.82, 2.24) is 9.97 Å². The Morgan fingerprint density at radius 2 is 1.48 bits per heavy atom. The number of hydrogen-bond donors (Lipinski definition) is 0. The van der Waals surface area contributed by atoms with E-state index >= 15 is 0 Å². The third-order valence-corrected chi connectivity index (χ3v) is 9.03. The van der Waals surface area contributed by atoms with E-state index in [0.717, 1.165) is 16.6 Å². The lowest BCUT2D eigenvalue weighted by molar-refractivity contribution is 1.22. The average Bonchev–Trinajstić information content (AvgIpc) is 2.51. The van der Waals surface area contributed by atoms with Crippen LogP contribution < -0.4 is 10.4 Å². The summed E-state index contributed by atoms with van der Waals surface area (Å²) in [7, 11) is -2.65. The lowest BCUT2D eigenvalue weighted by Crippen LogP contribution is -2.39. The third kappa shape index (κ3) is 3.60. The van der Waals surface area contributed by atoms with Crippen LogP contribution in [-0.2, 0) is 0 Å². The monoisotopic (exact) mass is 364 g/mol. The molecule has 0 aliphatic rings. The Morgan fingerprint density at radius 3 is 2.08 bits per heavy atom. The molecule has 1 aromatic heterocycles. The predicted molar refractivity (Wildman–Crippen MR) is 116 cm³/mol. The molecule has 0 atom stereocenters. The second-order valence-corrected chi connectivity index (χ2v) is 19.1. The van der Waals surface area contributed by atoms with Gasteiger partial charge in [0.05, 0.1) is 27.4 Å². The van der Waals surface area contributed by atoms with Gasteiger partial charge in [0.2, 0.25) is 0 Å². The Bertz CT molecular complexity index is 935. The first kappa shape index (κ1) is 18.0. The fraction of sp³-hybridized carbons (Fsp3) is 0.333. The van der Waals surface area contributed by atoms with Gasteiger partial charge in [-0.2, -0.15) is 0 Å². The van der Waals surface area contributed by atoms with Crippen molar-refractivity contribution >= 4 is 37.4 Å². The minimum Gasteiger partial charge on any atom is -0.236 e. The molecule has 0 aliphatic carbocycles. The Kier molecular flexibility index (Phi) is 4.46. The number of hydrogen-bond acceptors (Lipinski definition) is 2. The summed E-state index contributed by atoms with van der Waals surface area (Å²) >= 11 is 0. The quantitative estimate of drug-likeness (QED) is 0.630. The molecule has 4 heteroatoms. The molecular formula is C21H28N2Si2. The molecule has 25 heavy (non-hydrogen) atoms. The van der Waals surface area contributed by atoms with E-state index in [0.29, 0.717) is 0 Å². The highest BCUT2D eigenvalue weighted by molar-refractivity contribution is 6.89. The van der Waals surface area contributed by atoms with Crippen LogP contribution in [-0.4, -0.2) is 26.1 Å². The number of rotatable bonds is 3. The average molecular weight is 365 g/mol. The van der Waals surface area contributed by atoms with Gasteiger partial charge in [0.25, 0.3) is 0 Å². The van der Waals surface area contributed by atoms with Gasteiger partial charge in [-0.25, -0.2) is 9.97 Å². The molecule has 0 amide bonds. The summed E-state index contributed by atoms with van der Waals surface area (Å²) in [4.78, 5) is 9.15. The van der Waals surface area contributed by atoms with Crippen LogP contribution in [0.25, 0.3) is 22.2 Å². The van der Waals surface area contributed by atoms with Crippen LogP contribution in [0.15, 0.2) is 42.7 Å². The fourth-order valence-corrected chi connectivity index (χ4v) is 6.40. The fourth-order valence-electron chi connectivity index (χ4n) is 3.41. The van der Waals surface area contributed by atoms with Crippen molar-refractivity contribution in [3.05, 3.63) is 48.3 Å². The zero-order chi connectivity index (χ0) is 18.4. The van der Waals surface area contributed by atoms with Gasteiger partial charge in [-0.15, -0.1) is 0 Å². The van der Waals surface area contributed by atoms with E-state index in [1.54, 1.807) is 6.33 Å². The predicted octanol–water partition coefficient (Wildman–Crippen LogP) is 4.70. The van der Waals surface area contributed by atoms with Crippen molar-refractivity contribution in [2.24, 2.45) is 0 Å². The molecule has 2 nitrogen and oxygen atoms in total. The molecule has 0 bridgehead atoms. The summed E-state index contributed by atoms with van der Waals surface area (Å²) in [6.07, 6.45) is 1.70. The molecule has 0 radical (unpaired) electrons. The van der Waals surface area contributed by atoms with Crippen LogP contribution in [0.5, 0.6) is 0 Å².